The number of aliphatic hydroxyl groups excluding tert-OH is 3. The van der Waals surface area contributed by atoms with E-state index in [1.54, 1.807) is 54.7 Å². The van der Waals surface area contributed by atoms with Gasteiger partial charge in [-0.1, -0.05) is 38.1 Å². The van der Waals surface area contributed by atoms with Crippen molar-refractivity contribution in [3.8, 4) is 0 Å². The Morgan fingerprint density at radius 1 is 0.986 bits per heavy atom. The first kappa shape index (κ1) is 62.0. The number of esters is 1. The molecule has 3 aliphatic heterocycles. The normalized spacial score (nSPS) is 39.5. The summed E-state index contributed by atoms with van der Waals surface area (Å²) in [7, 11) is 2.61. The topological polar surface area (TPSA) is 280 Å². The molecule has 0 amide bonds. The van der Waals surface area contributed by atoms with Crippen molar-refractivity contribution in [2.75, 3.05) is 48.1 Å². The van der Waals surface area contributed by atoms with Gasteiger partial charge >= 0.3 is 5.97 Å². The largest absolute Gasteiger partial charge is 0.459 e. The van der Waals surface area contributed by atoms with E-state index in [1.807, 2.05) is 37.7 Å². The zero-order chi connectivity index (χ0) is 55.4. The van der Waals surface area contributed by atoms with Crippen LogP contribution in [0, 0.1) is 17.8 Å². The third-order valence-corrected chi connectivity index (χ3v) is 17.0. The van der Waals surface area contributed by atoms with Crippen molar-refractivity contribution in [1.82, 2.24) is 24.8 Å². The number of hydrogen-bond acceptors (Lipinski definition) is 19. The van der Waals surface area contributed by atoms with E-state index in [0.29, 0.717) is 37.2 Å². The molecule has 3 aliphatic rings. The number of rotatable bonds is 16. The van der Waals surface area contributed by atoms with Crippen molar-refractivity contribution >= 4 is 16.0 Å². The molecule has 1 aromatic heterocycles. The van der Waals surface area contributed by atoms with E-state index in [-0.39, 0.29) is 30.1 Å². The Hall–Kier alpha value is -2.85. The van der Waals surface area contributed by atoms with Gasteiger partial charge in [0.1, 0.15) is 48.8 Å². The van der Waals surface area contributed by atoms with Crippen LogP contribution >= 0.6 is 0 Å². The number of hydrogen-bond donors (Lipinski definition) is 6. The zero-order valence-electron chi connectivity index (χ0n) is 45.8. The lowest BCUT2D eigenvalue weighted by Gasteiger charge is -2.49. The van der Waals surface area contributed by atoms with E-state index in [0.717, 1.165) is 0 Å². The number of sulfonamides is 1. The first-order valence-electron chi connectivity index (χ1n) is 25.8. The van der Waals surface area contributed by atoms with Gasteiger partial charge < -0.3 is 68.5 Å². The Bertz CT molecular complexity index is 2210. The Balaban J connectivity index is 1.44. The average molecular weight is 1080 g/mol. The monoisotopic (exact) mass is 1070 g/mol. The van der Waals surface area contributed by atoms with Crippen LogP contribution in [-0.2, 0) is 54.4 Å². The first-order chi connectivity index (χ1) is 34.4. The van der Waals surface area contributed by atoms with Crippen molar-refractivity contribution < 1.29 is 76.3 Å². The Kier molecular flexibility index (Phi) is 21.2. The van der Waals surface area contributed by atoms with Crippen molar-refractivity contribution in [2.24, 2.45) is 22.9 Å². The molecule has 0 spiro atoms. The highest BCUT2D eigenvalue weighted by Gasteiger charge is 2.53. The minimum atomic E-state index is -3.94. The second-order valence-electron chi connectivity index (χ2n) is 22.1. The van der Waals surface area contributed by atoms with Gasteiger partial charge in [-0.25, -0.2) is 22.6 Å². The second-order valence-corrected chi connectivity index (χ2v) is 23.7. The average Bonchev–Trinajstić information content (AvgIpc) is 3.81. The molecule has 1 aromatic carbocycles. The van der Waals surface area contributed by atoms with E-state index in [2.05, 4.69) is 10.3 Å². The van der Waals surface area contributed by atoms with Crippen LogP contribution in [0.15, 0.2) is 35.4 Å². The van der Waals surface area contributed by atoms with E-state index in [1.165, 1.54) is 50.1 Å². The summed E-state index contributed by atoms with van der Waals surface area (Å²) in [5.41, 5.74) is -3.61. The number of cyclic esters (lactones) is 1. The van der Waals surface area contributed by atoms with Gasteiger partial charge in [0.25, 0.3) is 0 Å². The molecule has 5 rings (SSSR count). The summed E-state index contributed by atoms with van der Waals surface area (Å²) in [6.45, 7) is 17.1. The summed E-state index contributed by atoms with van der Waals surface area (Å²) < 4.78 is 83.6. The first-order valence-corrected chi connectivity index (χ1v) is 27.4. The number of primary sulfonamides is 1. The third-order valence-electron chi connectivity index (χ3n) is 16.0. The predicted octanol–water partition coefficient (Wildman–Crippen LogP) is 2.65. The molecular weight excluding hydrogens is 988 g/mol. The van der Waals surface area contributed by atoms with Crippen LogP contribution in [0.2, 0.25) is 0 Å². The number of methoxy groups -OCH3 is 2. The highest BCUT2D eigenvalue weighted by molar-refractivity contribution is 7.89. The summed E-state index contributed by atoms with van der Waals surface area (Å²) in [5.74, 6) is -2.96. The zero-order valence-corrected chi connectivity index (χ0v) is 46.6. The molecule has 23 heteroatoms. The number of nitrogens with two attached hydrogens (primary N) is 1. The third kappa shape index (κ3) is 14.2. The fourth-order valence-corrected chi connectivity index (χ4v) is 11.9. The number of halogens is 1. The summed E-state index contributed by atoms with van der Waals surface area (Å²) in [6.07, 6.45) is -8.66. The van der Waals surface area contributed by atoms with E-state index in [9.17, 15) is 43.1 Å². The van der Waals surface area contributed by atoms with Crippen LogP contribution in [0.25, 0.3) is 0 Å². The second kappa shape index (κ2) is 25.3. The molecule has 424 valence electrons. The van der Waals surface area contributed by atoms with Gasteiger partial charge in [-0.2, -0.15) is 0 Å². The van der Waals surface area contributed by atoms with Crippen LogP contribution in [0.4, 0.5) is 4.39 Å². The maximum atomic E-state index is 14.7. The molecule has 0 saturated carbocycles. The van der Waals surface area contributed by atoms with Crippen molar-refractivity contribution in [2.45, 2.75) is 209 Å². The molecule has 74 heavy (non-hydrogen) atoms. The van der Waals surface area contributed by atoms with Gasteiger partial charge in [0.05, 0.1) is 52.1 Å². The van der Waals surface area contributed by atoms with Crippen LogP contribution in [-0.4, -0.2) is 203 Å². The quantitative estimate of drug-likeness (QED) is 0.132. The molecule has 0 aliphatic carbocycles. The number of carbonyl (C=O) groups is 1. The molecule has 3 saturated heterocycles. The summed E-state index contributed by atoms with van der Waals surface area (Å²) >= 11 is 0. The Labute approximate surface area is 437 Å². The lowest BCUT2D eigenvalue weighted by molar-refractivity contribution is -0.318. The summed E-state index contributed by atoms with van der Waals surface area (Å²) in [5, 5.41) is 73.5. The highest BCUT2D eigenvalue weighted by atomic mass is 32.2. The fourth-order valence-electron chi connectivity index (χ4n) is 11.4. The molecule has 20 atom stereocenters. The fraction of sp³-hybridized carbons (Fsp3) is 0.824. The van der Waals surface area contributed by atoms with E-state index < -0.39 is 137 Å². The van der Waals surface area contributed by atoms with Gasteiger partial charge in [-0.3, -0.25) is 4.79 Å². The molecule has 7 N–H and O–H groups in total. The number of aromatic nitrogens is 3. The summed E-state index contributed by atoms with van der Waals surface area (Å²) in [4.78, 5) is 18.2. The predicted molar refractivity (Wildman–Crippen MR) is 269 cm³/mol. The van der Waals surface area contributed by atoms with Crippen molar-refractivity contribution in [3.05, 3.63) is 41.7 Å². The van der Waals surface area contributed by atoms with Crippen LogP contribution in [0.1, 0.15) is 118 Å². The highest BCUT2D eigenvalue weighted by Crippen LogP contribution is 2.41. The molecule has 0 radical (unpaired) electrons. The molecule has 0 unspecified atom stereocenters. The van der Waals surface area contributed by atoms with Gasteiger partial charge in [-0.05, 0) is 105 Å². The number of likely N-dealkylation sites (N-methyl/N-ethyl adjacent to an activating group) is 2. The number of nitrogens with zero attached hydrogens (tertiary/aromatic N) is 5. The van der Waals surface area contributed by atoms with Gasteiger partial charge in [-0.15, -0.1) is 5.10 Å². The number of aliphatic hydroxyl groups is 5. The maximum absolute atomic E-state index is 14.7. The van der Waals surface area contributed by atoms with E-state index in [4.69, 9.17) is 38.3 Å². The molecule has 3 fully saturated rings. The smallest absolute Gasteiger partial charge is 0.311 e. The Morgan fingerprint density at radius 3 is 2.22 bits per heavy atom. The van der Waals surface area contributed by atoms with E-state index >= 15 is 0 Å². The molecule has 21 nitrogen and oxygen atoms in total. The minimum Gasteiger partial charge on any atom is -0.459 e. The van der Waals surface area contributed by atoms with Crippen LogP contribution in [0.3, 0.4) is 0 Å². The lowest BCUT2D eigenvalue weighted by atomic mass is 9.77. The number of benzene rings is 1. The minimum absolute atomic E-state index is 0.0674. The standard InChI is InChI=1S/C51H87FN6O15S/c1-15-39-51(10,64)44(60)32(6)57(12)26-28(2)23-49(8,63)46(30(4)42(31(5)47(62)71-39)72-40-24-50(9,68-14)45(61)33(7)70-40)73-48-41(59)37(22-29(3)69-48)56(11)21-20-35-27-58(55-54-35)38(25-52)43(67-13)34-16-18-36(19-17-34)74(53,65)66/h16-19,27-33,37-46,48,59-61,63-64H,15,20-26H2,1-14H3,(H2,53,65,66)/t28-,29-,30+,31-,32-,33+,37+,38-,39-,40+,41-,42+,43-,44-,45+,46-,48+,49-,50-,51-/m1/s1. The van der Waals surface area contributed by atoms with Gasteiger partial charge in [0, 0.05) is 64.3 Å². The SMILES string of the molecule is CC[C@H]1OC(=O)[C@H](C)[C@@H](O[C@H]2C[C@@](C)(OC)[C@@H](O)[C@H](C)O2)[C@H](C)[C@@H](O[C@@H]2O[C@H](C)C[C@H](N(C)CCc3cn([C@H](CF)[C@H](OC)c4ccc(S(N)(=O)=O)cc4)nn3)[C@H]2O)[C@](C)(O)C[C@@H](C)CN(C)[C@H](C)[C@@H](O)[C@]1(C)O. The van der Waals surface area contributed by atoms with Gasteiger partial charge in [0.15, 0.2) is 12.6 Å². The maximum Gasteiger partial charge on any atom is 0.311 e. The Morgan fingerprint density at radius 2 is 1.64 bits per heavy atom. The van der Waals surface area contributed by atoms with Crippen LogP contribution < -0.4 is 5.14 Å². The lowest BCUT2D eigenvalue weighted by Crippen LogP contribution is -2.61. The molecular formula is C51H87FN6O15S. The number of carbonyl (C=O) groups excluding carboxylic acids is 1. The molecule has 2 aromatic rings. The van der Waals surface area contributed by atoms with Crippen molar-refractivity contribution in [3.63, 3.8) is 0 Å². The number of ether oxygens (including phenoxy) is 7. The summed E-state index contributed by atoms with van der Waals surface area (Å²) in [6, 6.07) is 3.59. The van der Waals surface area contributed by atoms with Crippen molar-refractivity contribution in [1.29, 1.82) is 0 Å². The molecule has 4 heterocycles. The van der Waals surface area contributed by atoms with Gasteiger partial charge in [0.2, 0.25) is 10.0 Å². The number of alkyl halides is 1. The van der Waals surface area contributed by atoms with Crippen LogP contribution in [0.5, 0.6) is 0 Å². The molecule has 0 bridgehead atoms.